The number of methoxy groups -OCH3 is 2. The Morgan fingerprint density at radius 3 is 2.61 bits per heavy atom. The number of benzene rings is 2. The summed E-state index contributed by atoms with van der Waals surface area (Å²) in [5.74, 6) is 1.20. The van der Waals surface area contributed by atoms with Gasteiger partial charge in [0.2, 0.25) is 17.4 Å². The molecular weight excluding hydrogens is 603 g/mol. The fourth-order valence-corrected chi connectivity index (χ4v) is 6.16. The zero-order chi connectivity index (χ0) is 32.4. The van der Waals surface area contributed by atoms with Crippen LogP contribution in [-0.2, 0) is 26.3 Å². The number of hydrogen-bond donors (Lipinski definition) is 1. The third kappa shape index (κ3) is 4.53. The Bertz CT molecular complexity index is 2040. The van der Waals surface area contributed by atoms with Gasteiger partial charge in [-0.25, -0.2) is 4.48 Å². The first-order valence-corrected chi connectivity index (χ1v) is 14.3. The number of amides is 1. The molecule has 1 atom stereocenters. The number of hydrogen-bond acceptors (Lipinski definition) is 8. The van der Waals surface area contributed by atoms with Gasteiger partial charge < -0.3 is 28.8 Å². The highest BCUT2D eigenvalue weighted by Gasteiger charge is 2.46. The van der Waals surface area contributed by atoms with E-state index in [9.17, 15) is 18.0 Å². The maximum atomic E-state index is 13.4. The van der Waals surface area contributed by atoms with Gasteiger partial charge in [0.05, 0.1) is 57.0 Å². The molecule has 2 aromatic heterocycles. The molecular formula is C31H29F3N9O3+. The second-order valence-electron chi connectivity index (χ2n) is 11.2. The lowest BCUT2D eigenvalue weighted by Gasteiger charge is -2.31. The predicted molar refractivity (Wildman–Crippen MR) is 163 cm³/mol. The Labute approximate surface area is 261 Å². The number of carbonyl (C=O) groups excluding carboxylic acids is 1. The normalized spacial score (nSPS) is 18.9. The Kier molecular flexibility index (Phi) is 6.74. The van der Waals surface area contributed by atoms with E-state index < -0.39 is 12.0 Å². The average molecular weight is 633 g/mol. The summed E-state index contributed by atoms with van der Waals surface area (Å²) in [7, 11) is 6.88. The summed E-state index contributed by atoms with van der Waals surface area (Å²) in [6.45, 7) is 0.432. The molecule has 46 heavy (non-hydrogen) atoms. The fourth-order valence-electron chi connectivity index (χ4n) is 6.16. The predicted octanol–water partition coefficient (Wildman–Crippen LogP) is 4.51. The molecule has 0 spiro atoms. The highest BCUT2D eigenvalue weighted by molar-refractivity contribution is 6.08. The van der Waals surface area contributed by atoms with Gasteiger partial charge in [0.25, 0.3) is 5.91 Å². The van der Waals surface area contributed by atoms with Gasteiger partial charge in [0, 0.05) is 25.5 Å². The summed E-state index contributed by atoms with van der Waals surface area (Å²) in [6, 6.07) is 12.8. The van der Waals surface area contributed by atoms with E-state index in [1.54, 1.807) is 42.3 Å². The number of alkyl halides is 3. The summed E-state index contributed by atoms with van der Waals surface area (Å²) < 4.78 is 54.5. The number of amidine groups is 1. The number of anilines is 1. The SMILES string of the molecule is COc1cc(C2=NC(N3CCn4c(nnc4C(F)(F)F)C3)=C3C=NC=C[N+]23C)ccc1NC(=O)c1cc2c(OC)cccc2n1C. The van der Waals surface area contributed by atoms with Crippen LogP contribution in [0.1, 0.15) is 27.7 Å². The van der Waals surface area contributed by atoms with Crippen molar-refractivity contribution in [1.29, 1.82) is 0 Å². The van der Waals surface area contributed by atoms with Crippen LogP contribution in [0.15, 0.2) is 76.4 Å². The third-order valence-corrected chi connectivity index (χ3v) is 8.54. The van der Waals surface area contributed by atoms with Gasteiger partial charge in [-0.05, 0) is 36.4 Å². The molecule has 2 aromatic carbocycles. The van der Waals surface area contributed by atoms with E-state index in [1.807, 2.05) is 49.5 Å². The third-order valence-electron chi connectivity index (χ3n) is 8.54. The van der Waals surface area contributed by atoms with Gasteiger partial charge in [-0.1, -0.05) is 6.07 Å². The maximum Gasteiger partial charge on any atom is 0.451 e. The lowest BCUT2D eigenvalue weighted by molar-refractivity contribution is -0.713. The molecule has 1 N–H and O–H groups in total. The summed E-state index contributed by atoms with van der Waals surface area (Å²) >= 11 is 0. The topological polar surface area (TPSA) is 111 Å². The number of carbonyl (C=O) groups is 1. The lowest BCUT2D eigenvalue weighted by atomic mass is 10.1. The summed E-state index contributed by atoms with van der Waals surface area (Å²) in [5, 5.41) is 11.0. The molecule has 3 aliphatic rings. The van der Waals surface area contributed by atoms with Gasteiger partial charge in [-0.2, -0.15) is 18.2 Å². The lowest BCUT2D eigenvalue weighted by Crippen LogP contribution is -2.43. The number of rotatable bonds is 6. The second kappa shape index (κ2) is 10.6. The van der Waals surface area contributed by atoms with Crippen molar-refractivity contribution in [2.45, 2.75) is 19.3 Å². The molecule has 236 valence electrons. The number of halogens is 3. The summed E-state index contributed by atoms with van der Waals surface area (Å²) in [4.78, 5) is 24.7. The van der Waals surface area contributed by atoms with Crippen LogP contribution < -0.4 is 14.8 Å². The molecule has 12 nitrogen and oxygen atoms in total. The Balaban J connectivity index is 1.19. The van der Waals surface area contributed by atoms with Crippen LogP contribution in [-0.4, -0.2) is 74.5 Å². The van der Waals surface area contributed by atoms with Gasteiger partial charge in [0.15, 0.2) is 11.6 Å². The minimum absolute atomic E-state index is 0.0568. The van der Waals surface area contributed by atoms with Crippen LogP contribution in [0.3, 0.4) is 0 Å². The zero-order valence-electron chi connectivity index (χ0n) is 25.3. The van der Waals surface area contributed by atoms with Crippen molar-refractivity contribution in [2.75, 3.05) is 33.1 Å². The van der Waals surface area contributed by atoms with Crippen molar-refractivity contribution in [3.63, 3.8) is 0 Å². The van der Waals surface area contributed by atoms with E-state index in [-0.39, 0.29) is 35.8 Å². The Morgan fingerprint density at radius 1 is 1.04 bits per heavy atom. The van der Waals surface area contributed by atoms with Gasteiger partial charge in [0.1, 0.15) is 23.4 Å². The molecule has 0 fully saturated rings. The molecule has 0 bridgehead atoms. The number of allylic oxidation sites excluding steroid dienone is 1. The molecule has 0 radical (unpaired) electrons. The highest BCUT2D eigenvalue weighted by Crippen LogP contribution is 2.38. The fraction of sp³-hybridized carbons (Fsp3) is 0.258. The van der Waals surface area contributed by atoms with E-state index in [0.29, 0.717) is 34.5 Å². The molecule has 5 heterocycles. The standard InChI is InChI=1S/C31H28F3N9O3/c1-40-21-6-5-7-24(45-3)19(21)15-22(40)29(44)36-20-9-8-18(14-25(20)46-4)28-37-27(23-16-35-10-13-43(23,28)2)41-11-12-42-26(17-41)38-39-30(42)31(32,33)34/h5-10,13-16H,11-12,17H2,1-4H3/p+1. The Hall–Kier alpha value is -5.44. The average Bonchev–Trinajstić information content (AvgIpc) is 3.72. The Morgan fingerprint density at radius 2 is 1.85 bits per heavy atom. The monoisotopic (exact) mass is 632 g/mol. The number of nitrogens with zero attached hydrogens (tertiary/aromatic N) is 8. The zero-order valence-corrected chi connectivity index (χ0v) is 25.3. The summed E-state index contributed by atoms with van der Waals surface area (Å²) in [6.07, 6.45) is 0.676. The first kappa shape index (κ1) is 29.3. The van der Waals surface area contributed by atoms with Crippen molar-refractivity contribution in [2.24, 2.45) is 17.0 Å². The van der Waals surface area contributed by atoms with E-state index in [1.165, 1.54) is 7.11 Å². The number of fused-ring (bicyclic) bond motifs is 3. The largest absolute Gasteiger partial charge is 0.496 e. The van der Waals surface area contributed by atoms with Crippen molar-refractivity contribution < 1.29 is 31.9 Å². The van der Waals surface area contributed by atoms with Crippen LogP contribution in [0, 0.1) is 0 Å². The van der Waals surface area contributed by atoms with Gasteiger partial charge in [-0.3, -0.25) is 9.79 Å². The van der Waals surface area contributed by atoms with Crippen molar-refractivity contribution >= 4 is 34.5 Å². The molecule has 1 unspecified atom stereocenters. The van der Waals surface area contributed by atoms with Crippen LogP contribution in [0.4, 0.5) is 18.9 Å². The molecule has 0 saturated carbocycles. The van der Waals surface area contributed by atoms with Gasteiger partial charge >= 0.3 is 6.18 Å². The summed E-state index contributed by atoms with van der Waals surface area (Å²) in [5.41, 5.74) is 3.24. The van der Waals surface area contributed by atoms with Crippen molar-refractivity contribution in [3.8, 4) is 11.5 Å². The van der Waals surface area contributed by atoms with Gasteiger partial charge in [-0.15, -0.1) is 10.2 Å². The second-order valence-corrected chi connectivity index (χ2v) is 11.2. The van der Waals surface area contributed by atoms with Crippen molar-refractivity contribution in [3.05, 3.63) is 89.3 Å². The minimum Gasteiger partial charge on any atom is -0.496 e. The van der Waals surface area contributed by atoms with E-state index in [4.69, 9.17) is 14.5 Å². The molecule has 4 aromatic rings. The van der Waals surface area contributed by atoms with Crippen LogP contribution in [0.5, 0.6) is 11.5 Å². The molecule has 15 heteroatoms. The molecule has 7 rings (SSSR count). The molecule has 3 aliphatic heterocycles. The van der Waals surface area contributed by atoms with E-state index in [0.717, 1.165) is 26.7 Å². The number of aryl methyl sites for hydroxylation is 1. The minimum atomic E-state index is -4.59. The first-order valence-electron chi connectivity index (χ1n) is 14.3. The molecule has 1 amide bonds. The molecule has 0 aliphatic carbocycles. The van der Waals surface area contributed by atoms with Crippen LogP contribution >= 0.6 is 0 Å². The number of quaternary nitrogens is 1. The quantitative estimate of drug-likeness (QED) is 0.314. The molecule has 0 saturated heterocycles. The number of aromatic nitrogens is 4. The number of aliphatic imine (C=N–C) groups is 2. The van der Waals surface area contributed by atoms with E-state index in [2.05, 4.69) is 20.5 Å². The van der Waals surface area contributed by atoms with Crippen LogP contribution in [0.2, 0.25) is 0 Å². The smallest absolute Gasteiger partial charge is 0.451 e. The number of ether oxygens (including phenoxy) is 2. The van der Waals surface area contributed by atoms with Crippen molar-refractivity contribution in [1.82, 2.24) is 24.2 Å². The van der Waals surface area contributed by atoms with E-state index >= 15 is 0 Å². The highest BCUT2D eigenvalue weighted by atomic mass is 19.4. The first-order chi connectivity index (χ1) is 22.0. The number of nitrogens with one attached hydrogen (secondary N) is 1. The maximum absolute atomic E-state index is 13.4. The van der Waals surface area contributed by atoms with Crippen LogP contribution in [0.25, 0.3) is 10.9 Å².